The van der Waals surface area contributed by atoms with Crippen LogP contribution in [0.3, 0.4) is 0 Å². The average Bonchev–Trinajstić information content (AvgIpc) is 2.59. The van der Waals surface area contributed by atoms with Crippen LogP contribution in [-0.2, 0) is 13.0 Å². The maximum absolute atomic E-state index is 13.6. The zero-order chi connectivity index (χ0) is 17.4. The molecular formula is C18H22F2IN3O. The van der Waals surface area contributed by atoms with Crippen LogP contribution < -0.4 is 15.4 Å². The van der Waals surface area contributed by atoms with Gasteiger partial charge in [0.25, 0.3) is 0 Å². The van der Waals surface area contributed by atoms with Crippen molar-refractivity contribution in [3.8, 4) is 5.75 Å². The van der Waals surface area contributed by atoms with E-state index < -0.39 is 11.6 Å². The number of aliphatic imine (C=N–C) groups is 1. The Morgan fingerprint density at radius 1 is 1.08 bits per heavy atom. The SMILES string of the molecule is CN=C(NCCc1ccc(F)cc1F)NCc1ccccc1OC.I. The van der Waals surface area contributed by atoms with Gasteiger partial charge >= 0.3 is 0 Å². The minimum atomic E-state index is -0.571. The van der Waals surface area contributed by atoms with Gasteiger partial charge in [0.15, 0.2) is 5.96 Å². The molecule has 0 aliphatic rings. The summed E-state index contributed by atoms with van der Waals surface area (Å²) in [7, 11) is 3.29. The van der Waals surface area contributed by atoms with Crippen molar-refractivity contribution in [2.45, 2.75) is 13.0 Å². The van der Waals surface area contributed by atoms with Gasteiger partial charge in [-0.15, -0.1) is 24.0 Å². The van der Waals surface area contributed by atoms with Gasteiger partial charge in [-0.05, 0) is 24.1 Å². The van der Waals surface area contributed by atoms with Crippen LogP contribution in [0.25, 0.3) is 0 Å². The Morgan fingerprint density at radius 3 is 2.52 bits per heavy atom. The van der Waals surface area contributed by atoms with Crippen LogP contribution in [0.15, 0.2) is 47.5 Å². The molecule has 0 fully saturated rings. The van der Waals surface area contributed by atoms with Crippen molar-refractivity contribution in [1.82, 2.24) is 10.6 Å². The predicted molar refractivity (Wildman–Crippen MR) is 107 cm³/mol. The molecule has 0 saturated carbocycles. The molecule has 0 saturated heterocycles. The first-order chi connectivity index (χ1) is 11.6. The first-order valence-electron chi connectivity index (χ1n) is 7.64. The molecule has 136 valence electrons. The quantitative estimate of drug-likeness (QED) is 0.394. The highest BCUT2D eigenvalue weighted by Crippen LogP contribution is 2.16. The number of hydrogen-bond acceptors (Lipinski definition) is 2. The number of nitrogens with one attached hydrogen (secondary N) is 2. The normalized spacial score (nSPS) is 10.8. The second kappa shape index (κ2) is 10.9. The van der Waals surface area contributed by atoms with Crippen LogP contribution in [0.4, 0.5) is 8.78 Å². The summed E-state index contributed by atoms with van der Waals surface area (Å²) < 4.78 is 31.8. The summed E-state index contributed by atoms with van der Waals surface area (Å²) in [6.07, 6.45) is 0.432. The van der Waals surface area contributed by atoms with Crippen molar-refractivity contribution >= 4 is 29.9 Å². The number of methoxy groups -OCH3 is 1. The van der Waals surface area contributed by atoms with E-state index in [1.54, 1.807) is 14.2 Å². The number of guanidine groups is 1. The third kappa shape index (κ3) is 6.49. The molecule has 0 unspecified atom stereocenters. The molecule has 25 heavy (non-hydrogen) atoms. The van der Waals surface area contributed by atoms with Crippen molar-refractivity contribution in [2.24, 2.45) is 4.99 Å². The van der Waals surface area contributed by atoms with Crippen LogP contribution in [0.5, 0.6) is 5.75 Å². The van der Waals surface area contributed by atoms with Crippen LogP contribution in [0.2, 0.25) is 0 Å². The van der Waals surface area contributed by atoms with E-state index in [0.717, 1.165) is 17.4 Å². The molecule has 7 heteroatoms. The first kappa shape index (κ1) is 21.1. The van der Waals surface area contributed by atoms with Crippen LogP contribution in [0.1, 0.15) is 11.1 Å². The Morgan fingerprint density at radius 2 is 1.84 bits per heavy atom. The van der Waals surface area contributed by atoms with E-state index in [0.29, 0.717) is 31.0 Å². The van der Waals surface area contributed by atoms with Crippen molar-refractivity contribution in [2.75, 3.05) is 20.7 Å². The van der Waals surface area contributed by atoms with Gasteiger partial charge in [0.1, 0.15) is 17.4 Å². The summed E-state index contributed by atoms with van der Waals surface area (Å²) >= 11 is 0. The average molecular weight is 461 g/mol. The fourth-order valence-corrected chi connectivity index (χ4v) is 2.29. The molecule has 2 rings (SSSR count). The fraction of sp³-hybridized carbons (Fsp3) is 0.278. The van der Waals surface area contributed by atoms with Crippen molar-refractivity contribution in [1.29, 1.82) is 0 Å². The predicted octanol–water partition coefficient (Wildman–Crippen LogP) is 3.50. The maximum Gasteiger partial charge on any atom is 0.191 e. The maximum atomic E-state index is 13.6. The molecule has 0 radical (unpaired) electrons. The minimum absolute atomic E-state index is 0. The second-order valence-corrected chi connectivity index (χ2v) is 5.15. The molecule has 4 nitrogen and oxygen atoms in total. The van der Waals surface area contributed by atoms with Crippen molar-refractivity contribution < 1.29 is 13.5 Å². The third-order valence-electron chi connectivity index (χ3n) is 3.56. The molecule has 2 N–H and O–H groups in total. The number of para-hydroxylation sites is 1. The number of nitrogens with zero attached hydrogens (tertiary/aromatic N) is 1. The number of rotatable bonds is 6. The van der Waals surface area contributed by atoms with E-state index in [1.165, 1.54) is 12.1 Å². The largest absolute Gasteiger partial charge is 0.496 e. The molecule has 0 amide bonds. The molecule has 2 aromatic carbocycles. The highest BCUT2D eigenvalue weighted by molar-refractivity contribution is 14.0. The molecule has 2 aromatic rings. The van der Waals surface area contributed by atoms with E-state index in [2.05, 4.69) is 15.6 Å². The van der Waals surface area contributed by atoms with E-state index in [1.807, 2.05) is 24.3 Å². The van der Waals surface area contributed by atoms with E-state index in [9.17, 15) is 8.78 Å². The Labute approximate surface area is 163 Å². The first-order valence-corrected chi connectivity index (χ1v) is 7.64. The molecule has 0 aromatic heterocycles. The third-order valence-corrected chi connectivity index (χ3v) is 3.56. The second-order valence-electron chi connectivity index (χ2n) is 5.15. The van der Waals surface area contributed by atoms with Gasteiger partial charge in [0, 0.05) is 31.8 Å². The van der Waals surface area contributed by atoms with Gasteiger partial charge in [-0.3, -0.25) is 4.99 Å². The van der Waals surface area contributed by atoms with Gasteiger partial charge in [-0.2, -0.15) is 0 Å². The van der Waals surface area contributed by atoms with Gasteiger partial charge in [-0.25, -0.2) is 8.78 Å². The lowest BCUT2D eigenvalue weighted by Gasteiger charge is -2.14. The van der Waals surface area contributed by atoms with Gasteiger partial charge < -0.3 is 15.4 Å². The monoisotopic (exact) mass is 461 g/mol. The number of hydrogen-bond donors (Lipinski definition) is 2. The zero-order valence-electron chi connectivity index (χ0n) is 14.2. The Bertz CT molecular complexity index is 710. The summed E-state index contributed by atoms with van der Waals surface area (Å²) in [6.45, 7) is 1.03. The summed E-state index contributed by atoms with van der Waals surface area (Å²) in [6, 6.07) is 11.3. The van der Waals surface area contributed by atoms with E-state index >= 15 is 0 Å². The highest BCUT2D eigenvalue weighted by atomic mass is 127. The van der Waals surface area contributed by atoms with Crippen LogP contribution in [-0.4, -0.2) is 26.7 Å². The minimum Gasteiger partial charge on any atom is -0.496 e. The highest BCUT2D eigenvalue weighted by Gasteiger charge is 2.05. The summed E-state index contributed by atoms with van der Waals surface area (Å²) in [5, 5.41) is 6.28. The topological polar surface area (TPSA) is 45.7 Å². The van der Waals surface area contributed by atoms with E-state index in [-0.39, 0.29) is 24.0 Å². The molecule has 0 aliphatic heterocycles. The Hall–Kier alpha value is -1.90. The van der Waals surface area contributed by atoms with Crippen molar-refractivity contribution in [3.05, 3.63) is 65.2 Å². The van der Waals surface area contributed by atoms with Crippen LogP contribution >= 0.6 is 24.0 Å². The lowest BCUT2D eigenvalue weighted by molar-refractivity contribution is 0.409. The molecule has 0 heterocycles. The lowest BCUT2D eigenvalue weighted by Crippen LogP contribution is -2.38. The van der Waals surface area contributed by atoms with E-state index in [4.69, 9.17) is 4.74 Å². The van der Waals surface area contributed by atoms with Gasteiger partial charge in [0.05, 0.1) is 7.11 Å². The smallest absolute Gasteiger partial charge is 0.191 e. The molecular weight excluding hydrogens is 439 g/mol. The molecule has 0 aliphatic carbocycles. The summed E-state index contributed by atoms with van der Waals surface area (Å²) in [4.78, 5) is 4.13. The molecule has 0 spiro atoms. The summed E-state index contributed by atoms with van der Waals surface area (Å²) in [5.74, 6) is 0.296. The van der Waals surface area contributed by atoms with Crippen LogP contribution in [0, 0.1) is 11.6 Å². The Balaban J connectivity index is 0.00000312. The number of ether oxygens (including phenoxy) is 1. The zero-order valence-corrected chi connectivity index (χ0v) is 16.5. The van der Waals surface area contributed by atoms with Gasteiger partial charge in [-0.1, -0.05) is 24.3 Å². The lowest BCUT2D eigenvalue weighted by atomic mass is 10.1. The molecule has 0 atom stereocenters. The standard InChI is InChI=1S/C18H21F2N3O.HI/c1-21-18(23-12-14-5-3-4-6-17(14)24-2)22-10-9-13-7-8-15(19)11-16(13)20;/h3-8,11H,9-10,12H2,1-2H3,(H2,21,22,23);1H. The summed E-state index contributed by atoms with van der Waals surface area (Å²) in [5.41, 5.74) is 1.47. The van der Waals surface area contributed by atoms with Crippen molar-refractivity contribution in [3.63, 3.8) is 0 Å². The van der Waals surface area contributed by atoms with Gasteiger partial charge in [0.2, 0.25) is 0 Å². The number of benzene rings is 2. The number of halogens is 3. The fourth-order valence-electron chi connectivity index (χ4n) is 2.29. The molecule has 0 bridgehead atoms. The Kier molecular flexibility index (Phi) is 9.18.